The standard InChI is InChI=1S/C23H22FNO4/c1-3-15-11-20(29-13-21(27)28)22(24)14(2)18(15)12-17-9-10-19(26)23(25-17)16-7-5-4-6-8-16/h4-11,26H,3,12-13H2,1-2H3,(H,27,28). The van der Waals surface area contributed by atoms with E-state index in [4.69, 9.17) is 9.84 Å². The molecule has 0 aliphatic heterocycles. The van der Waals surface area contributed by atoms with Gasteiger partial charge in [0.2, 0.25) is 0 Å². The van der Waals surface area contributed by atoms with Crippen molar-refractivity contribution in [2.24, 2.45) is 0 Å². The van der Waals surface area contributed by atoms with Crippen molar-refractivity contribution in [3.63, 3.8) is 0 Å². The second-order valence-corrected chi connectivity index (χ2v) is 6.70. The maximum absolute atomic E-state index is 14.8. The molecule has 2 N–H and O–H groups in total. The van der Waals surface area contributed by atoms with Crippen molar-refractivity contribution in [3.05, 3.63) is 76.7 Å². The molecule has 0 bridgehead atoms. The van der Waals surface area contributed by atoms with Crippen LogP contribution >= 0.6 is 0 Å². The van der Waals surface area contributed by atoms with E-state index in [1.165, 1.54) is 0 Å². The van der Waals surface area contributed by atoms with Crippen molar-refractivity contribution in [2.75, 3.05) is 6.61 Å². The molecule has 6 heteroatoms. The monoisotopic (exact) mass is 395 g/mol. The number of hydrogen-bond donors (Lipinski definition) is 2. The molecule has 1 heterocycles. The molecule has 3 rings (SSSR count). The van der Waals surface area contributed by atoms with Crippen molar-refractivity contribution in [2.45, 2.75) is 26.7 Å². The number of aryl methyl sites for hydroxylation is 1. The van der Waals surface area contributed by atoms with Gasteiger partial charge in [-0.3, -0.25) is 0 Å². The Morgan fingerprint density at radius 1 is 1.17 bits per heavy atom. The number of carboxylic acid groups (broad SMARTS) is 1. The Morgan fingerprint density at radius 2 is 1.90 bits per heavy atom. The van der Waals surface area contributed by atoms with Crippen LogP contribution in [-0.2, 0) is 17.6 Å². The van der Waals surface area contributed by atoms with Gasteiger partial charge in [-0.2, -0.15) is 0 Å². The van der Waals surface area contributed by atoms with E-state index in [2.05, 4.69) is 4.98 Å². The maximum Gasteiger partial charge on any atom is 0.341 e. The van der Waals surface area contributed by atoms with Gasteiger partial charge in [-0.25, -0.2) is 14.2 Å². The van der Waals surface area contributed by atoms with Crippen LogP contribution in [-0.4, -0.2) is 27.8 Å². The number of aromatic hydroxyl groups is 1. The van der Waals surface area contributed by atoms with Gasteiger partial charge in [0, 0.05) is 17.7 Å². The number of ether oxygens (including phenoxy) is 1. The molecule has 0 aliphatic rings. The largest absolute Gasteiger partial charge is 0.506 e. The molecule has 29 heavy (non-hydrogen) atoms. The zero-order valence-corrected chi connectivity index (χ0v) is 16.3. The molecule has 0 unspecified atom stereocenters. The number of benzene rings is 2. The summed E-state index contributed by atoms with van der Waals surface area (Å²) in [6, 6.07) is 14.2. The van der Waals surface area contributed by atoms with E-state index in [1.54, 1.807) is 25.1 Å². The van der Waals surface area contributed by atoms with Crippen LogP contribution in [0.1, 0.15) is 29.3 Å². The van der Waals surface area contributed by atoms with E-state index in [0.29, 0.717) is 29.8 Å². The van der Waals surface area contributed by atoms with Gasteiger partial charge >= 0.3 is 5.97 Å². The number of aromatic nitrogens is 1. The van der Waals surface area contributed by atoms with Crippen molar-refractivity contribution in [1.29, 1.82) is 0 Å². The molecule has 150 valence electrons. The first-order valence-electron chi connectivity index (χ1n) is 9.30. The highest BCUT2D eigenvalue weighted by molar-refractivity contribution is 5.68. The second kappa shape index (κ2) is 8.73. The average molecular weight is 395 g/mol. The molecule has 0 amide bonds. The lowest BCUT2D eigenvalue weighted by atomic mass is 9.94. The van der Waals surface area contributed by atoms with E-state index < -0.39 is 18.4 Å². The molecule has 0 fully saturated rings. The first kappa shape index (κ1) is 20.3. The fourth-order valence-corrected chi connectivity index (χ4v) is 3.25. The molecular weight excluding hydrogens is 373 g/mol. The third kappa shape index (κ3) is 4.54. The van der Waals surface area contributed by atoms with Gasteiger partial charge in [-0.1, -0.05) is 37.3 Å². The lowest BCUT2D eigenvalue weighted by molar-refractivity contribution is -0.139. The Bertz CT molecular complexity index is 1030. The summed E-state index contributed by atoms with van der Waals surface area (Å²) < 4.78 is 19.9. The number of rotatable bonds is 7. The predicted octanol–water partition coefficient (Wildman–Crippen LogP) is 4.52. The van der Waals surface area contributed by atoms with E-state index in [1.807, 2.05) is 37.3 Å². The lowest BCUT2D eigenvalue weighted by Crippen LogP contribution is -2.12. The molecule has 0 spiro atoms. The summed E-state index contributed by atoms with van der Waals surface area (Å²) in [6.45, 7) is 2.99. The number of halogens is 1. The second-order valence-electron chi connectivity index (χ2n) is 6.70. The third-order valence-corrected chi connectivity index (χ3v) is 4.76. The van der Waals surface area contributed by atoms with Crippen LogP contribution in [0.25, 0.3) is 11.3 Å². The van der Waals surface area contributed by atoms with Crippen molar-refractivity contribution in [3.8, 4) is 22.8 Å². The summed E-state index contributed by atoms with van der Waals surface area (Å²) >= 11 is 0. The summed E-state index contributed by atoms with van der Waals surface area (Å²) in [4.78, 5) is 15.3. The summed E-state index contributed by atoms with van der Waals surface area (Å²) in [7, 11) is 0. The van der Waals surface area contributed by atoms with E-state index >= 15 is 0 Å². The molecule has 0 aliphatic carbocycles. The van der Waals surface area contributed by atoms with Crippen LogP contribution in [0.3, 0.4) is 0 Å². The average Bonchev–Trinajstić information content (AvgIpc) is 2.72. The van der Waals surface area contributed by atoms with Gasteiger partial charge in [0.15, 0.2) is 18.2 Å². The van der Waals surface area contributed by atoms with Crippen molar-refractivity contribution < 1.29 is 24.1 Å². The van der Waals surface area contributed by atoms with Gasteiger partial charge in [-0.15, -0.1) is 0 Å². The highest BCUT2D eigenvalue weighted by Gasteiger charge is 2.18. The van der Waals surface area contributed by atoms with Gasteiger partial charge in [-0.05, 0) is 48.2 Å². The van der Waals surface area contributed by atoms with Crippen LogP contribution in [0.4, 0.5) is 4.39 Å². The van der Waals surface area contributed by atoms with Crippen molar-refractivity contribution in [1.82, 2.24) is 4.98 Å². The third-order valence-electron chi connectivity index (χ3n) is 4.76. The first-order chi connectivity index (χ1) is 13.9. The summed E-state index contributed by atoms with van der Waals surface area (Å²) in [6.07, 6.45) is 1.01. The molecule has 0 saturated carbocycles. The van der Waals surface area contributed by atoms with Gasteiger partial charge in [0.05, 0.1) is 0 Å². The number of carbonyl (C=O) groups is 1. The minimum atomic E-state index is -1.16. The fourth-order valence-electron chi connectivity index (χ4n) is 3.25. The number of nitrogens with zero attached hydrogens (tertiary/aromatic N) is 1. The summed E-state index contributed by atoms with van der Waals surface area (Å²) in [5.74, 6) is -1.71. The molecular formula is C23H22FNO4. The number of aliphatic carboxylic acids is 1. The minimum Gasteiger partial charge on any atom is -0.506 e. The van der Waals surface area contributed by atoms with Gasteiger partial charge in [0.1, 0.15) is 11.4 Å². The predicted molar refractivity (Wildman–Crippen MR) is 108 cm³/mol. The van der Waals surface area contributed by atoms with E-state index in [9.17, 15) is 14.3 Å². The number of pyridine rings is 1. The highest BCUT2D eigenvalue weighted by Crippen LogP contribution is 2.31. The van der Waals surface area contributed by atoms with Crippen LogP contribution in [0.2, 0.25) is 0 Å². The Kier molecular flexibility index (Phi) is 6.12. The van der Waals surface area contributed by atoms with Gasteiger partial charge < -0.3 is 14.9 Å². The van der Waals surface area contributed by atoms with Gasteiger partial charge in [0.25, 0.3) is 0 Å². The Hall–Kier alpha value is -3.41. The lowest BCUT2D eigenvalue weighted by Gasteiger charge is -2.16. The maximum atomic E-state index is 14.8. The molecule has 5 nitrogen and oxygen atoms in total. The molecule has 0 saturated heterocycles. The van der Waals surface area contributed by atoms with Crippen LogP contribution in [0.5, 0.6) is 11.5 Å². The first-order valence-corrected chi connectivity index (χ1v) is 9.30. The molecule has 3 aromatic rings. The van der Waals surface area contributed by atoms with Crippen molar-refractivity contribution >= 4 is 5.97 Å². The number of carboxylic acids is 1. The SMILES string of the molecule is CCc1cc(OCC(=O)O)c(F)c(C)c1Cc1ccc(O)c(-c2ccccc2)n1. The zero-order chi connectivity index (χ0) is 21.0. The quantitative estimate of drug-likeness (QED) is 0.615. The normalized spacial score (nSPS) is 10.7. The molecule has 1 aromatic heterocycles. The van der Waals surface area contributed by atoms with Crippen LogP contribution in [0.15, 0.2) is 48.5 Å². The van der Waals surface area contributed by atoms with Crippen LogP contribution < -0.4 is 4.74 Å². The summed E-state index contributed by atoms with van der Waals surface area (Å²) in [5, 5.41) is 19.0. The molecule has 0 atom stereocenters. The summed E-state index contributed by atoms with van der Waals surface area (Å²) in [5.41, 5.74) is 4.01. The number of hydrogen-bond acceptors (Lipinski definition) is 4. The smallest absolute Gasteiger partial charge is 0.341 e. The Labute approximate surface area is 168 Å². The highest BCUT2D eigenvalue weighted by atomic mass is 19.1. The Balaban J connectivity index is 1.98. The molecule has 0 radical (unpaired) electrons. The van der Waals surface area contributed by atoms with E-state index in [-0.39, 0.29) is 11.5 Å². The molecule has 2 aromatic carbocycles. The minimum absolute atomic E-state index is 0.0610. The van der Waals surface area contributed by atoms with E-state index in [0.717, 1.165) is 16.7 Å². The van der Waals surface area contributed by atoms with Crippen LogP contribution in [0, 0.1) is 12.7 Å². The fraction of sp³-hybridized carbons (Fsp3) is 0.217. The topological polar surface area (TPSA) is 79.7 Å². The zero-order valence-electron chi connectivity index (χ0n) is 16.3. The Morgan fingerprint density at radius 3 is 2.55 bits per heavy atom.